The lowest BCUT2D eigenvalue weighted by molar-refractivity contribution is 0.0952. The lowest BCUT2D eigenvalue weighted by Gasteiger charge is -2.07. The molecule has 1 aromatic heterocycles. The highest BCUT2D eigenvalue weighted by molar-refractivity contribution is 6.30. The Bertz CT molecular complexity index is 963. The molecule has 5 nitrogen and oxygen atoms in total. The molecule has 2 aromatic carbocycles. The van der Waals surface area contributed by atoms with Gasteiger partial charge in [0.05, 0.1) is 18.9 Å². The third-order valence-corrected chi connectivity index (χ3v) is 3.93. The third-order valence-electron chi connectivity index (χ3n) is 3.70. The van der Waals surface area contributed by atoms with Crippen LogP contribution in [0.5, 0.6) is 5.75 Å². The molecule has 0 spiro atoms. The van der Waals surface area contributed by atoms with Gasteiger partial charge < -0.3 is 9.15 Å². The van der Waals surface area contributed by atoms with Gasteiger partial charge in [0.2, 0.25) is 0 Å². The highest BCUT2D eigenvalue weighted by Gasteiger charge is 2.11. The van der Waals surface area contributed by atoms with Crippen LogP contribution in [0.1, 0.15) is 21.7 Å². The molecule has 3 rings (SSSR count). The first-order valence-electron chi connectivity index (χ1n) is 7.90. The summed E-state index contributed by atoms with van der Waals surface area (Å²) in [5.74, 6) is 1.32. The Morgan fingerprint density at radius 1 is 1.19 bits per heavy atom. The first kappa shape index (κ1) is 17.8. The molecule has 0 fully saturated rings. The SMILES string of the molecule is COc1cc(C)ccc1C(=O)N/N=C/c1ccc(-c2cccc(Cl)c2)o1. The largest absolute Gasteiger partial charge is 0.496 e. The van der Waals surface area contributed by atoms with Crippen molar-refractivity contribution in [3.05, 3.63) is 76.5 Å². The van der Waals surface area contributed by atoms with E-state index in [0.717, 1.165) is 11.1 Å². The number of methoxy groups -OCH3 is 1. The van der Waals surface area contributed by atoms with E-state index in [1.807, 2.05) is 37.3 Å². The number of aryl methyl sites for hydroxylation is 1. The molecule has 3 aromatic rings. The number of benzene rings is 2. The van der Waals surface area contributed by atoms with Gasteiger partial charge in [0.25, 0.3) is 5.91 Å². The fourth-order valence-corrected chi connectivity index (χ4v) is 2.61. The number of carbonyl (C=O) groups excluding carboxylic acids is 1. The van der Waals surface area contributed by atoms with Gasteiger partial charge >= 0.3 is 0 Å². The molecule has 1 N–H and O–H groups in total. The number of hydrazone groups is 1. The number of amides is 1. The first-order chi connectivity index (χ1) is 12.6. The van der Waals surface area contributed by atoms with Gasteiger partial charge in [0, 0.05) is 10.6 Å². The Balaban J connectivity index is 1.69. The molecule has 6 heteroatoms. The van der Waals surface area contributed by atoms with Crippen LogP contribution in [-0.2, 0) is 0 Å². The van der Waals surface area contributed by atoms with Crippen molar-refractivity contribution in [1.82, 2.24) is 5.43 Å². The van der Waals surface area contributed by atoms with Gasteiger partial charge in [-0.05, 0) is 48.9 Å². The molecular formula is C20H17ClN2O3. The van der Waals surface area contributed by atoms with Gasteiger partial charge in [-0.25, -0.2) is 5.43 Å². The van der Waals surface area contributed by atoms with Crippen molar-refractivity contribution < 1.29 is 13.9 Å². The standard InChI is InChI=1S/C20H17ClN2O3/c1-13-6-8-17(19(10-13)25-2)20(24)23-22-12-16-7-9-18(26-16)14-4-3-5-15(21)11-14/h3-12H,1-2H3,(H,23,24)/b22-12+. The van der Waals surface area contributed by atoms with E-state index in [0.29, 0.717) is 27.9 Å². The van der Waals surface area contributed by atoms with Crippen molar-refractivity contribution in [3.8, 4) is 17.1 Å². The minimum absolute atomic E-state index is 0.361. The maximum Gasteiger partial charge on any atom is 0.275 e. The van der Waals surface area contributed by atoms with Crippen LogP contribution in [-0.4, -0.2) is 19.2 Å². The average molecular weight is 369 g/mol. The molecule has 0 aliphatic carbocycles. The lowest BCUT2D eigenvalue weighted by Crippen LogP contribution is -2.18. The second kappa shape index (κ2) is 7.89. The van der Waals surface area contributed by atoms with E-state index in [-0.39, 0.29) is 5.91 Å². The number of furan rings is 1. The molecule has 0 unspecified atom stereocenters. The summed E-state index contributed by atoms with van der Waals surface area (Å²) in [5, 5.41) is 4.57. The molecule has 1 heterocycles. The van der Waals surface area contributed by atoms with Crippen molar-refractivity contribution in [2.24, 2.45) is 5.10 Å². The molecule has 0 bridgehead atoms. The van der Waals surface area contributed by atoms with Gasteiger partial charge in [0.1, 0.15) is 17.3 Å². The van der Waals surface area contributed by atoms with E-state index in [9.17, 15) is 4.79 Å². The van der Waals surface area contributed by atoms with Crippen LogP contribution in [0.4, 0.5) is 0 Å². The van der Waals surface area contributed by atoms with Crippen molar-refractivity contribution in [3.63, 3.8) is 0 Å². The summed E-state index contributed by atoms with van der Waals surface area (Å²) in [6, 6.07) is 16.3. The zero-order valence-electron chi connectivity index (χ0n) is 14.3. The normalized spacial score (nSPS) is 10.9. The number of nitrogens with one attached hydrogen (secondary N) is 1. The fraction of sp³-hybridized carbons (Fsp3) is 0.100. The summed E-state index contributed by atoms with van der Waals surface area (Å²) in [6.45, 7) is 1.93. The Labute approximate surface area is 156 Å². The molecule has 0 aliphatic rings. The monoisotopic (exact) mass is 368 g/mol. The minimum atomic E-state index is -0.361. The van der Waals surface area contributed by atoms with Gasteiger partial charge in [-0.15, -0.1) is 0 Å². The van der Waals surface area contributed by atoms with Crippen LogP contribution in [0, 0.1) is 6.92 Å². The summed E-state index contributed by atoms with van der Waals surface area (Å²) in [5.41, 5.74) is 4.75. The first-order valence-corrected chi connectivity index (χ1v) is 8.28. The van der Waals surface area contributed by atoms with Crippen LogP contribution in [0.15, 0.2) is 64.1 Å². The number of hydrogen-bond donors (Lipinski definition) is 1. The van der Waals surface area contributed by atoms with Crippen LogP contribution < -0.4 is 10.2 Å². The Morgan fingerprint density at radius 2 is 2.04 bits per heavy atom. The number of hydrogen-bond acceptors (Lipinski definition) is 4. The van der Waals surface area contributed by atoms with Gasteiger partial charge in [-0.2, -0.15) is 5.10 Å². The maximum absolute atomic E-state index is 12.2. The molecule has 0 aliphatic heterocycles. The van der Waals surface area contributed by atoms with Crippen molar-refractivity contribution >= 4 is 23.7 Å². The van der Waals surface area contributed by atoms with Gasteiger partial charge in [-0.3, -0.25) is 4.79 Å². The number of carbonyl (C=O) groups is 1. The summed E-state index contributed by atoms with van der Waals surface area (Å²) in [7, 11) is 1.52. The fourth-order valence-electron chi connectivity index (χ4n) is 2.42. The lowest BCUT2D eigenvalue weighted by atomic mass is 10.1. The average Bonchev–Trinajstić information content (AvgIpc) is 3.10. The zero-order valence-corrected chi connectivity index (χ0v) is 15.1. The number of halogens is 1. The molecule has 0 saturated heterocycles. The van der Waals surface area contributed by atoms with Crippen molar-refractivity contribution in [1.29, 1.82) is 0 Å². The number of nitrogens with zero attached hydrogens (tertiary/aromatic N) is 1. The molecule has 0 radical (unpaired) electrons. The zero-order chi connectivity index (χ0) is 18.5. The number of rotatable bonds is 5. The van der Waals surface area contributed by atoms with Crippen LogP contribution in [0.25, 0.3) is 11.3 Å². The quantitative estimate of drug-likeness (QED) is 0.525. The second-order valence-corrected chi connectivity index (χ2v) is 6.05. The minimum Gasteiger partial charge on any atom is -0.496 e. The van der Waals surface area contributed by atoms with E-state index in [4.69, 9.17) is 20.8 Å². The van der Waals surface area contributed by atoms with E-state index < -0.39 is 0 Å². The smallest absolute Gasteiger partial charge is 0.275 e. The Kier molecular flexibility index (Phi) is 5.39. The summed E-state index contributed by atoms with van der Waals surface area (Å²) in [4.78, 5) is 12.2. The molecular weight excluding hydrogens is 352 g/mol. The Hall–Kier alpha value is -3.05. The Morgan fingerprint density at radius 3 is 2.81 bits per heavy atom. The van der Waals surface area contributed by atoms with Crippen LogP contribution in [0.2, 0.25) is 5.02 Å². The maximum atomic E-state index is 12.2. The highest BCUT2D eigenvalue weighted by atomic mass is 35.5. The van der Waals surface area contributed by atoms with Crippen molar-refractivity contribution in [2.75, 3.05) is 7.11 Å². The molecule has 1 amide bonds. The van der Waals surface area contributed by atoms with Gasteiger partial charge in [0.15, 0.2) is 0 Å². The molecule has 0 atom stereocenters. The van der Waals surface area contributed by atoms with E-state index in [2.05, 4.69) is 10.5 Å². The van der Waals surface area contributed by atoms with Crippen LogP contribution in [0.3, 0.4) is 0 Å². The molecule has 26 heavy (non-hydrogen) atoms. The molecule has 132 valence electrons. The van der Waals surface area contributed by atoms with E-state index in [1.54, 1.807) is 24.3 Å². The number of ether oxygens (including phenoxy) is 1. The summed E-state index contributed by atoms with van der Waals surface area (Å²) < 4.78 is 10.9. The predicted octanol–water partition coefficient (Wildman–Crippen LogP) is 4.68. The van der Waals surface area contributed by atoms with E-state index in [1.165, 1.54) is 13.3 Å². The topological polar surface area (TPSA) is 63.8 Å². The van der Waals surface area contributed by atoms with E-state index >= 15 is 0 Å². The molecule has 0 saturated carbocycles. The second-order valence-electron chi connectivity index (χ2n) is 5.62. The van der Waals surface area contributed by atoms with Gasteiger partial charge in [-0.1, -0.05) is 29.8 Å². The van der Waals surface area contributed by atoms with Crippen LogP contribution >= 0.6 is 11.6 Å². The predicted molar refractivity (Wildman–Crippen MR) is 102 cm³/mol. The highest BCUT2D eigenvalue weighted by Crippen LogP contribution is 2.24. The third kappa shape index (κ3) is 4.13. The summed E-state index contributed by atoms with van der Waals surface area (Å²) in [6.07, 6.45) is 1.44. The summed E-state index contributed by atoms with van der Waals surface area (Å²) >= 11 is 5.99. The van der Waals surface area contributed by atoms with Crippen molar-refractivity contribution in [2.45, 2.75) is 6.92 Å².